The predicted octanol–water partition coefficient (Wildman–Crippen LogP) is 5.18. The van der Waals surface area contributed by atoms with Gasteiger partial charge in [0.05, 0.1) is 25.9 Å². The lowest BCUT2D eigenvalue weighted by Crippen LogP contribution is -2.56. The van der Waals surface area contributed by atoms with Gasteiger partial charge in [0.15, 0.2) is 0 Å². The molecule has 2 aromatic rings. The van der Waals surface area contributed by atoms with Crippen LogP contribution in [0.1, 0.15) is 55.2 Å². The number of likely N-dealkylation sites (tertiary alicyclic amines) is 1. The van der Waals surface area contributed by atoms with Gasteiger partial charge in [-0.2, -0.15) is 5.26 Å². The van der Waals surface area contributed by atoms with Gasteiger partial charge in [-0.15, -0.1) is 0 Å². The van der Waals surface area contributed by atoms with Crippen LogP contribution in [-0.2, 0) is 26.2 Å². The summed E-state index contributed by atoms with van der Waals surface area (Å²) in [4.78, 5) is 32.0. The number of alkyl carbamates (subject to hydrolysis) is 1. The highest BCUT2D eigenvalue weighted by molar-refractivity contribution is 5.69. The molecule has 254 valence electrons. The summed E-state index contributed by atoms with van der Waals surface area (Å²) in [7, 11) is 6.82. The Morgan fingerprint density at radius 1 is 1.06 bits per heavy atom. The standard InChI is InChI=1S/C37H50FN5O4/c1-41(2)24-29-17-33(12-11-28(29)20-39)43-22-26(23-43)21-42-15-13-30(14-16-42)37(25-40-36(45)47-4,31-8-6-9-32(38)19-31)34-10-5-7-27(34)18-35(44)46-3/h6,8-9,11-12,17,19,26-27,30,34H,5,7,10,13-16,18,21-25H2,1-4H3,(H,40,45)/t27-,34+,37+/m1/s1. The SMILES string of the molecule is COC(=O)C[C@H]1CCC[C@@H]1[C@](CNC(=O)OC)(c1cccc(F)c1)C1CCN(CC2CN(c3ccc(C#N)c(CN(C)C)c3)C2)CC1. The molecule has 0 aromatic heterocycles. The van der Waals surface area contributed by atoms with Gasteiger partial charge in [-0.3, -0.25) is 4.79 Å². The number of halogens is 1. The van der Waals surface area contributed by atoms with Crippen LogP contribution in [0.15, 0.2) is 42.5 Å². The van der Waals surface area contributed by atoms with Crippen molar-refractivity contribution in [3.8, 4) is 6.07 Å². The van der Waals surface area contributed by atoms with E-state index < -0.39 is 11.5 Å². The number of esters is 1. The van der Waals surface area contributed by atoms with Gasteiger partial charge in [0, 0.05) is 56.2 Å². The smallest absolute Gasteiger partial charge is 0.406 e. The van der Waals surface area contributed by atoms with Crippen molar-refractivity contribution in [2.24, 2.45) is 23.7 Å². The van der Waals surface area contributed by atoms with Crippen LogP contribution in [0.3, 0.4) is 0 Å². The summed E-state index contributed by atoms with van der Waals surface area (Å²) in [5.74, 6) is 0.401. The zero-order valence-corrected chi connectivity index (χ0v) is 28.3. The fourth-order valence-electron chi connectivity index (χ4n) is 8.70. The van der Waals surface area contributed by atoms with E-state index in [1.54, 1.807) is 12.1 Å². The molecule has 47 heavy (non-hydrogen) atoms. The summed E-state index contributed by atoms with van der Waals surface area (Å²) in [5.41, 5.74) is 3.30. The largest absolute Gasteiger partial charge is 0.469 e. The Morgan fingerprint density at radius 2 is 1.83 bits per heavy atom. The molecule has 1 saturated carbocycles. The van der Waals surface area contributed by atoms with Crippen LogP contribution in [0.5, 0.6) is 0 Å². The molecule has 0 unspecified atom stereocenters. The number of amides is 1. The fourth-order valence-corrected chi connectivity index (χ4v) is 8.70. The van der Waals surface area contributed by atoms with E-state index in [1.807, 2.05) is 26.2 Å². The third kappa shape index (κ3) is 7.90. The van der Waals surface area contributed by atoms with Gasteiger partial charge in [-0.1, -0.05) is 18.6 Å². The van der Waals surface area contributed by atoms with Crippen molar-refractivity contribution in [2.45, 2.75) is 50.5 Å². The second-order valence-corrected chi connectivity index (χ2v) is 14.0. The number of carbonyl (C=O) groups is 2. The summed E-state index contributed by atoms with van der Waals surface area (Å²) < 4.78 is 25.0. The number of nitrogens with one attached hydrogen (secondary N) is 1. The van der Waals surface area contributed by atoms with Crippen LogP contribution in [-0.4, -0.2) is 89.4 Å². The molecule has 0 radical (unpaired) electrons. The van der Waals surface area contributed by atoms with Gasteiger partial charge in [-0.05, 0) is 112 Å². The molecule has 2 heterocycles. The highest BCUT2D eigenvalue weighted by Crippen LogP contribution is 2.53. The van der Waals surface area contributed by atoms with Crippen molar-refractivity contribution in [1.29, 1.82) is 5.26 Å². The zero-order chi connectivity index (χ0) is 33.6. The van der Waals surface area contributed by atoms with Crippen LogP contribution in [0.25, 0.3) is 0 Å². The van der Waals surface area contributed by atoms with Crippen LogP contribution in [0, 0.1) is 40.8 Å². The fraction of sp³-hybridized carbons (Fsp3) is 0.595. The summed E-state index contributed by atoms with van der Waals surface area (Å²) in [5, 5.41) is 12.6. The number of methoxy groups -OCH3 is 2. The topological polar surface area (TPSA) is 98.1 Å². The Bertz CT molecular complexity index is 1430. The zero-order valence-electron chi connectivity index (χ0n) is 28.3. The minimum absolute atomic E-state index is 0.0853. The second kappa shape index (κ2) is 15.5. The minimum atomic E-state index is -0.551. The average Bonchev–Trinajstić information content (AvgIpc) is 3.51. The third-order valence-electron chi connectivity index (χ3n) is 10.9. The number of carbonyl (C=O) groups excluding carboxylic acids is 2. The molecule has 10 heteroatoms. The molecular weight excluding hydrogens is 597 g/mol. The number of anilines is 1. The maximum absolute atomic E-state index is 14.9. The molecule has 1 amide bonds. The third-order valence-corrected chi connectivity index (χ3v) is 10.9. The van der Waals surface area contributed by atoms with E-state index in [2.05, 4.69) is 38.2 Å². The van der Waals surface area contributed by atoms with Gasteiger partial charge in [0.1, 0.15) is 5.82 Å². The molecule has 3 aliphatic rings. The Balaban J connectivity index is 1.30. The molecule has 5 rings (SSSR count). The minimum Gasteiger partial charge on any atom is -0.469 e. The number of rotatable bonds is 12. The number of ether oxygens (including phenoxy) is 2. The molecule has 9 nitrogen and oxygen atoms in total. The number of piperidine rings is 1. The molecule has 0 spiro atoms. The van der Waals surface area contributed by atoms with Crippen molar-refractivity contribution < 1.29 is 23.5 Å². The van der Waals surface area contributed by atoms with Crippen molar-refractivity contribution in [1.82, 2.24) is 15.1 Å². The normalized spacial score (nSPS) is 21.9. The van der Waals surface area contributed by atoms with Gasteiger partial charge >= 0.3 is 12.1 Å². The lowest BCUT2D eigenvalue weighted by atomic mass is 9.57. The van der Waals surface area contributed by atoms with Gasteiger partial charge < -0.3 is 29.5 Å². The molecule has 3 fully saturated rings. The van der Waals surface area contributed by atoms with Gasteiger partial charge in [0.2, 0.25) is 0 Å². The quantitative estimate of drug-likeness (QED) is 0.315. The highest BCUT2D eigenvalue weighted by Gasteiger charge is 2.52. The number of hydrogen-bond donors (Lipinski definition) is 1. The molecule has 2 aromatic carbocycles. The van der Waals surface area contributed by atoms with Crippen molar-refractivity contribution in [3.63, 3.8) is 0 Å². The van der Waals surface area contributed by atoms with E-state index in [1.165, 1.54) is 26.0 Å². The molecule has 2 saturated heterocycles. The number of hydrogen-bond acceptors (Lipinski definition) is 8. The molecule has 2 aliphatic heterocycles. The van der Waals surface area contributed by atoms with Crippen LogP contribution in [0.4, 0.5) is 14.9 Å². The molecular formula is C37H50FN5O4. The maximum Gasteiger partial charge on any atom is 0.406 e. The van der Waals surface area contributed by atoms with E-state index in [0.717, 1.165) is 88.1 Å². The lowest BCUT2D eigenvalue weighted by molar-refractivity contribution is -0.142. The maximum atomic E-state index is 14.9. The Morgan fingerprint density at radius 3 is 2.49 bits per heavy atom. The van der Waals surface area contributed by atoms with E-state index in [9.17, 15) is 19.2 Å². The van der Waals surface area contributed by atoms with E-state index in [4.69, 9.17) is 9.47 Å². The number of nitrogens with zero attached hydrogens (tertiary/aromatic N) is 4. The molecule has 1 N–H and O–H groups in total. The van der Waals surface area contributed by atoms with Gasteiger partial charge in [-0.25, -0.2) is 9.18 Å². The number of nitriles is 1. The van der Waals surface area contributed by atoms with Gasteiger partial charge in [0.25, 0.3) is 0 Å². The first-order chi connectivity index (χ1) is 22.7. The molecule has 3 atom stereocenters. The van der Waals surface area contributed by atoms with Crippen LogP contribution < -0.4 is 10.2 Å². The van der Waals surface area contributed by atoms with Crippen molar-refractivity contribution >= 4 is 17.7 Å². The first-order valence-corrected chi connectivity index (χ1v) is 17.0. The summed E-state index contributed by atoms with van der Waals surface area (Å²) in [6, 6.07) is 15.3. The summed E-state index contributed by atoms with van der Waals surface area (Å²) in [6.45, 7) is 5.91. The predicted molar refractivity (Wildman–Crippen MR) is 179 cm³/mol. The highest BCUT2D eigenvalue weighted by atomic mass is 19.1. The Hall–Kier alpha value is -3.68. The number of benzene rings is 2. The first-order valence-electron chi connectivity index (χ1n) is 17.0. The summed E-state index contributed by atoms with van der Waals surface area (Å²) in [6.07, 6.45) is 4.45. The van der Waals surface area contributed by atoms with Crippen molar-refractivity contribution in [3.05, 3.63) is 65.0 Å². The first kappa shape index (κ1) is 34.6. The van der Waals surface area contributed by atoms with Crippen LogP contribution >= 0.6 is 0 Å². The average molecular weight is 648 g/mol. The molecule has 0 bridgehead atoms. The monoisotopic (exact) mass is 647 g/mol. The van der Waals surface area contributed by atoms with E-state index in [-0.39, 0.29) is 29.5 Å². The second-order valence-electron chi connectivity index (χ2n) is 14.0. The Labute approximate surface area is 279 Å². The molecule has 1 aliphatic carbocycles. The lowest BCUT2D eigenvalue weighted by Gasteiger charge is -2.51. The van der Waals surface area contributed by atoms with E-state index >= 15 is 0 Å². The Kier molecular flexibility index (Phi) is 11.4. The van der Waals surface area contributed by atoms with E-state index in [0.29, 0.717) is 18.9 Å². The van der Waals surface area contributed by atoms with Crippen LogP contribution in [0.2, 0.25) is 0 Å². The van der Waals surface area contributed by atoms with Crippen molar-refractivity contribution in [2.75, 3.05) is 72.5 Å². The summed E-state index contributed by atoms with van der Waals surface area (Å²) >= 11 is 0.